The molecule has 0 saturated carbocycles. The molecule has 0 aliphatic carbocycles. The Morgan fingerprint density at radius 2 is 1.77 bits per heavy atom. The summed E-state index contributed by atoms with van der Waals surface area (Å²) >= 11 is 1.09. The molecular formula is C23H26N4O3S. The SMILES string of the molecule is COc1ccccc1C(C(=O)NC(C)(C)C)N(Cc1ccccc1)C(=O)c1csnn1. The van der Waals surface area contributed by atoms with E-state index in [2.05, 4.69) is 14.9 Å². The molecule has 1 aromatic heterocycles. The molecule has 0 aliphatic heterocycles. The van der Waals surface area contributed by atoms with Crippen LogP contribution in [0.4, 0.5) is 0 Å². The van der Waals surface area contributed by atoms with Crippen molar-refractivity contribution in [3.05, 3.63) is 76.8 Å². The Balaban J connectivity index is 2.13. The minimum absolute atomic E-state index is 0.199. The van der Waals surface area contributed by atoms with Crippen molar-refractivity contribution >= 4 is 23.3 Å². The highest BCUT2D eigenvalue weighted by Crippen LogP contribution is 2.32. The molecule has 0 saturated heterocycles. The van der Waals surface area contributed by atoms with Crippen LogP contribution in [-0.4, -0.2) is 38.9 Å². The van der Waals surface area contributed by atoms with Gasteiger partial charge in [-0.25, -0.2) is 0 Å². The molecule has 0 radical (unpaired) electrons. The first kappa shape index (κ1) is 22.4. The van der Waals surface area contributed by atoms with Crippen molar-refractivity contribution in [1.29, 1.82) is 0 Å². The zero-order chi connectivity index (χ0) is 22.4. The Kier molecular flexibility index (Phi) is 7.02. The summed E-state index contributed by atoms with van der Waals surface area (Å²) in [5, 5.41) is 8.54. The van der Waals surface area contributed by atoms with Crippen LogP contribution >= 0.6 is 11.5 Å². The summed E-state index contributed by atoms with van der Waals surface area (Å²) in [6.07, 6.45) is 0. The average Bonchev–Trinajstić information content (AvgIpc) is 3.27. The van der Waals surface area contributed by atoms with Crippen molar-refractivity contribution in [1.82, 2.24) is 19.8 Å². The summed E-state index contributed by atoms with van der Waals surface area (Å²) in [6.45, 7) is 5.92. The minimum atomic E-state index is -0.926. The van der Waals surface area contributed by atoms with E-state index in [0.29, 0.717) is 11.3 Å². The Morgan fingerprint density at radius 3 is 2.39 bits per heavy atom. The molecule has 1 unspecified atom stereocenters. The topological polar surface area (TPSA) is 84.4 Å². The van der Waals surface area contributed by atoms with Gasteiger partial charge in [0.05, 0.1) is 7.11 Å². The van der Waals surface area contributed by atoms with E-state index in [-0.39, 0.29) is 24.1 Å². The molecule has 1 heterocycles. The third-order valence-corrected chi connectivity index (χ3v) is 5.03. The zero-order valence-corrected chi connectivity index (χ0v) is 18.8. The highest BCUT2D eigenvalue weighted by Gasteiger charge is 2.36. The molecule has 0 aliphatic rings. The van der Waals surface area contributed by atoms with E-state index in [1.165, 1.54) is 4.90 Å². The van der Waals surface area contributed by atoms with Crippen molar-refractivity contribution < 1.29 is 14.3 Å². The third-order valence-electron chi connectivity index (χ3n) is 4.53. The Morgan fingerprint density at radius 1 is 1.10 bits per heavy atom. The first-order valence-corrected chi connectivity index (χ1v) is 10.7. The van der Waals surface area contributed by atoms with E-state index in [1.54, 1.807) is 24.6 Å². The summed E-state index contributed by atoms with van der Waals surface area (Å²) in [7, 11) is 1.55. The molecule has 3 rings (SSSR count). The zero-order valence-electron chi connectivity index (χ0n) is 18.0. The second kappa shape index (κ2) is 9.70. The first-order valence-electron chi connectivity index (χ1n) is 9.87. The van der Waals surface area contributed by atoms with Crippen molar-refractivity contribution in [2.45, 2.75) is 38.9 Å². The largest absolute Gasteiger partial charge is 0.496 e. The quantitative estimate of drug-likeness (QED) is 0.606. The summed E-state index contributed by atoms with van der Waals surface area (Å²) in [4.78, 5) is 28.6. The van der Waals surface area contributed by atoms with Crippen LogP contribution in [0.3, 0.4) is 0 Å². The number of methoxy groups -OCH3 is 1. The van der Waals surface area contributed by atoms with Gasteiger partial charge in [0.15, 0.2) is 5.69 Å². The number of para-hydroxylation sites is 1. The van der Waals surface area contributed by atoms with Crippen LogP contribution in [0.2, 0.25) is 0 Å². The molecular weight excluding hydrogens is 412 g/mol. The van der Waals surface area contributed by atoms with Gasteiger partial charge in [0.2, 0.25) is 5.91 Å². The van der Waals surface area contributed by atoms with Crippen LogP contribution in [0, 0.1) is 0 Å². The molecule has 1 N–H and O–H groups in total. The Bertz CT molecular complexity index is 1020. The summed E-state index contributed by atoms with van der Waals surface area (Å²) in [5.74, 6) is -0.152. The summed E-state index contributed by atoms with van der Waals surface area (Å²) in [5.41, 5.74) is 1.20. The number of nitrogens with one attached hydrogen (secondary N) is 1. The van der Waals surface area contributed by atoms with Crippen LogP contribution < -0.4 is 10.1 Å². The number of benzene rings is 2. The van der Waals surface area contributed by atoms with Gasteiger partial charge in [-0.05, 0) is 43.9 Å². The van der Waals surface area contributed by atoms with Crippen molar-refractivity contribution in [3.8, 4) is 5.75 Å². The van der Waals surface area contributed by atoms with Gasteiger partial charge < -0.3 is 15.0 Å². The number of aromatic nitrogens is 2. The fourth-order valence-corrected chi connectivity index (χ4v) is 3.68. The monoisotopic (exact) mass is 438 g/mol. The van der Waals surface area contributed by atoms with Crippen LogP contribution in [0.1, 0.15) is 48.4 Å². The van der Waals surface area contributed by atoms with Gasteiger partial charge in [-0.3, -0.25) is 9.59 Å². The van der Waals surface area contributed by atoms with Gasteiger partial charge in [0, 0.05) is 23.0 Å². The number of nitrogens with zero attached hydrogens (tertiary/aromatic N) is 3. The lowest BCUT2D eigenvalue weighted by Gasteiger charge is -2.34. The van der Waals surface area contributed by atoms with Crippen LogP contribution in [-0.2, 0) is 11.3 Å². The maximum atomic E-state index is 13.5. The highest BCUT2D eigenvalue weighted by atomic mass is 32.1. The maximum absolute atomic E-state index is 13.5. The molecule has 2 amide bonds. The molecule has 0 bridgehead atoms. The molecule has 7 nitrogen and oxygen atoms in total. The first-order chi connectivity index (χ1) is 14.8. The van der Waals surface area contributed by atoms with Gasteiger partial charge in [-0.2, -0.15) is 0 Å². The average molecular weight is 439 g/mol. The molecule has 0 spiro atoms. The smallest absolute Gasteiger partial charge is 0.276 e. The second-order valence-corrected chi connectivity index (χ2v) is 8.70. The van der Waals surface area contributed by atoms with Gasteiger partial charge in [-0.1, -0.05) is 53.0 Å². The number of hydrogen-bond donors (Lipinski definition) is 1. The van der Waals surface area contributed by atoms with Crippen LogP contribution in [0.5, 0.6) is 5.75 Å². The maximum Gasteiger partial charge on any atom is 0.276 e. The predicted molar refractivity (Wildman–Crippen MR) is 120 cm³/mol. The van der Waals surface area contributed by atoms with Crippen LogP contribution in [0.25, 0.3) is 0 Å². The van der Waals surface area contributed by atoms with Crippen molar-refractivity contribution in [2.75, 3.05) is 7.11 Å². The van der Waals surface area contributed by atoms with E-state index in [0.717, 1.165) is 17.1 Å². The molecule has 2 aromatic carbocycles. The number of carbonyl (C=O) groups excluding carboxylic acids is 2. The lowest BCUT2D eigenvalue weighted by Crippen LogP contribution is -2.49. The second-order valence-electron chi connectivity index (χ2n) is 8.09. The van der Waals surface area contributed by atoms with E-state index in [9.17, 15) is 9.59 Å². The van der Waals surface area contributed by atoms with E-state index in [4.69, 9.17) is 4.74 Å². The molecule has 31 heavy (non-hydrogen) atoms. The van der Waals surface area contributed by atoms with Gasteiger partial charge >= 0.3 is 0 Å². The van der Waals surface area contributed by atoms with E-state index >= 15 is 0 Å². The van der Waals surface area contributed by atoms with Crippen molar-refractivity contribution in [3.63, 3.8) is 0 Å². The van der Waals surface area contributed by atoms with Crippen LogP contribution in [0.15, 0.2) is 60.0 Å². The predicted octanol–water partition coefficient (Wildman–Crippen LogP) is 3.85. The van der Waals surface area contributed by atoms with Gasteiger partial charge in [-0.15, -0.1) is 5.10 Å². The molecule has 3 aromatic rings. The van der Waals surface area contributed by atoms with E-state index in [1.807, 2.05) is 63.2 Å². The third kappa shape index (κ3) is 5.67. The summed E-state index contributed by atoms with van der Waals surface area (Å²) < 4.78 is 9.36. The molecule has 0 fully saturated rings. The highest BCUT2D eigenvalue weighted by molar-refractivity contribution is 7.03. The Hall–Kier alpha value is -3.26. The lowest BCUT2D eigenvalue weighted by molar-refractivity contribution is -0.127. The number of hydrogen-bond acceptors (Lipinski definition) is 6. The number of rotatable bonds is 7. The summed E-state index contributed by atoms with van der Waals surface area (Å²) in [6, 6.07) is 15.8. The fourth-order valence-electron chi connectivity index (χ4n) is 3.25. The fraction of sp³-hybridized carbons (Fsp3) is 0.304. The lowest BCUT2D eigenvalue weighted by atomic mass is 9.99. The Labute approximate surface area is 186 Å². The molecule has 8 heteroatoms. The van der Waals surface area contributed by atoms with Gasteiger partial charge in [0.1, 0.15) is 11.8 Å². The standard InChI is InChI=1S/C23H26N4O3S/c1-23(2,3)24-21(28)20(17-12-8-9-13-19(17)30-4)27(14-16-10-6-5-7-11-16)22(29)18-15-31-26-25-18/h5-13,15,20H,14H2,1-4H3,(H,24,28). The van der Waals surface area contributed by atoms with Crippen molar-refractivity contribution in [2.24, 2.45) is 0 Å². The minimum Gasteiger partial charge on any atom is -0.496 e. The molecule has 162 valence electrons. The number of carbonyl (C=O) groups is 2. The van der Waals surface area contributed by atoms with E-state index < -0.39 is 11.6 Å². The van der Waals surface area contributed by atoms with Gasteiger partial charge in [0.25, 0.3) is 5.91 Å². The number of ether oxygens (including phenoxy) is 1. The number of amides is 2. The normalized spacial score (nSPS) is 12.1. The molecule has 1 atom stereocenters.